The number of unbranched alkanes of at least 4 members (excludes halogenated alkanes) is 1. The number of carboxylic acid groups (broad SMARTS) is 2. The second-order valence-electron chi connectivity index (χ2n) is 12.8. The zero-order chi connectivity index (χ0) is 23.8. The molecule has 0 aliphatic heterocycles. The van der Waals surface area contributed by atoms with Crippen molar-refractivity contribution in [1.82, 2.24) is 0 Å². The number of carbonyl (C=O) groups excluding carboxylic acids is 2. The van der Waals surface area contributed by atoms with Crippen molar-refractivity contribution in [3.63, 3.8) is 0 Å². The summed E-state index contributed by atoms with van der Waals surface area (Å²) in [6, 6.07) is 0. The number of hydrogen-bond donors (Lipinski definition) is 0. The van der Waals surface area contributed by atoms with Gasteiger partial charge in [-0.2, -0.15) is 0 Å². The topological polar surface area (TPSA) is 80.3 Å². The molecule has 0 heterocycles. The van der Waals surface area contributed by atoms with Crippen LogP contribution in [0.15, 0.2) is 0 Å². The normalized spacial score (nSPS) is 43.0. The molecule has 0 atom stereocenters. The Morgan fingerprint density at radius 1 is 0.676 bits per heavy atom. The molecule has 8 fully saturated rings. The largest absolute Gasteiger partial charge is 2.00 e. The summed E-state index contributed by atoms with van der Waals surface area (Å²) in [6.45, 7) is 4.40. The van der Waals surface area contributed by atoms with E-state index in [1.807, 2.05) is 0 Å². The van der Waals surface area contributed by atoms with Gasteiger partial charge in [0.1, 0.15) is 0 Å². The van der Waals surface area contributed by atoms with Crippen molar-refractivity contribution < 1.29 is 40.2 Å². The molecule has 4 nitrogen and oxygen atoms in total. The third-order valence-corrected chi connectivity index (χ3v) is 14.0. The van der Waals surface area contributed by atoms with Crippen molar-refractivity contribution in [1.29, 1.82) is 0 Å². The van der Waals surface area contributed by atoms with Crippen LogP contribution in [-0.2, 0) is 30.0 Å². The van der Waals surface area contributed by atoms with Crippen LogP contribution in [0.5, 0.6) is 0 Å². The van der Waals surface area contributed by atoms with Crippen molar-refractivity contribution in [3.05, 3.63) is 0 Å². The van der Waals surface area contributed by atoms with E-state index in [4.69, 9.17) is 19.8 Å². The monoisotopic (exact) mass is 582 g/mol. The number of carboxylic acids is 2. The van der Waals surface area contributed by atoms with E-state index < -0.39 is 11.9 Å². The van der Waals surface area contributed by atoms with Crippen LogP contribution in [-0.4, -0.2) is 28.4 Å². The van der Waals surface area contributed by atoms with Crippen LogP contribution in [0.2, 0.25) is 0 Å². The Hall–Kier alpha value is 0.0323. The summed E-state index contributed by atoms with van der Waals surface area (Å²) in [4.78, 5) is 17.8. The zero-order valence-electron chi connectivity index (χ0n) is 21.5. The maximum Gasteiger partial charge on any atom is 2.00 e. The Morgan fingerprint density at radius 2 is 0.912 bits per heavy atom. The number of aliphatic carboxylic acids is 2. The number of rotatable bonds is 5. The van der Waals surface area contributed by atoms with Gasteiger partial charge in [-0.15, -0.1) is 0 Å². The van der Waals surface area contributed by atoms with Crippen molar-refractivity contribution in [2.45, 2.75) is 121 Å². The van der Waals surface area contributed by atoms with Gasteiger partial charge >= 0.3 is 20.4 Å². The van der Waals surface area contributed by atoms with E-state index in [0.29, 0.717) is 0 Å². The average Bonchev–Trinajstić information content (AvgIpc) is 2.65. The van der Waals surface area contributed by atoms with Crippen LogP contribution in [0.1, 0.15) is 111 Å². The number of hydrogen-bond acceptors (Lipinski definition) is 4. The van der Waals surface area contributed by atoms with Crippen LogP contribution >= 0.6 is 7.92 Å². The first-order valence-corrected chi connectivity index (χ1v) is 15.3. The maximum atomic E-state index is 8.89. The van der Waals surface area contributed by atoms with Crippen LogP contribution in [0.4, 0.5) is 0 Å². The van der Waals surface area contributed by atoms with E-state index in [0.717, 1.165) is 59.7 Å². The maximum absolute atomic E-state index is 8.89. The van der Waals surface area contributed by atoms with Gasteiger partial charge in [-0.3, -0.25) is 0 Å². The van der Waals surface area contributed by atoms with Crippen molar-refractivity contribution in [2.75, 3.05) is 6.16 Å². The summed E-state index contributed by atoms with van der Waals surface area (Å²) in [5.74, 6) is 4.79. The summed E-state index contributed by atoms with van der Waals surface area (Å²) in [6.07, 6.45) is 24.6. The van der Waals surface area contributed by atoms with Gasteiger partial charge in [-0.05, 0) is 149 Å². The standard InChI is InChI=1S/C24H39P.2C2H4O2.Pd/c1-2-3-4-25(23-11-17-5-18(12-23)7-19(6-17)13-23)24-14-20-8-21(15-24)10-22(9-20)16-24;2*1-2(3)4;/h17-22H,2-16H2,1H3;2*1H3,(H,3,4);/q;;;+2/p-2. The molecule has 0 spiro atoms. The van der Waals surface area contributed by atoms with Gasteiger partial charge in [-0.25, -0.2) is 0 Å². The summed E-state index contributed by atoms with van der Waals surface area (Å²) >= 11 is 0. The molecular weight excluding hydrogens is 538 g/mol. The third kappa shape index (κ3) is 6.29. The van der Waals surface area contributed by atoms with Crippen molar-refractivity contribution >= 4 is 19.9 Å². The smallest absolute Gasteiger partial charge is 0.550 e. The van der Waals surface area contributed by atoms with Gasteiger partial charge in [0.25, 0.3) is 0 Å². The van der Waals surface area contributed by atoms with Gasteiger partial charge in [0.15, 0.2) is 0 Å². The van der Waals surface area contributed by atoms with E-state index in [1.165, 1.54) is 6.42 Å². The molecule has 6 heteroatoms. The Labute approximate surface area is 222 Å². The van der Waals surface area contributed by atoms with Crippen LogP contribution < -0.4 is 10.2 Å². The van der Waals surface area contributed by atoms with Crippen molar-refractivity contribution in [2.24, 2.45) is 35.5 Å². The van der Waals surface area contributed by atoms with Crippen LogP contribution in [0.25, 0.3) is 0 Å². The van der Waals surface area contributed by atoms with E-state index >= 15 is 0 Å². The van der Waals surface area contributed by atoms with E-state index in [1.54, 1.807) is 89.6 Å². The summed E-state index contributed by atoms with van der Waals surface area (Å²) in [5.41, 5.74) is 0. The molecule has 0 unspecified atom stereocenters. The molecule has 0 aromatic carbocycles. The predicted octanol–water partition coefficient (Wildman–Crippen LogP) is 4.72. The minimum atomic E-state index is -1.08. The molecule has 0 amide bonds. The molecule has 0 N–H and O–H groups in total. The molecule has 8 aliphatic carbocycles. The molecule has 0 radical (unpaired) electrons. The number of carbonyl (C=O) groups is 2. The SMILES string of the molecule is CC(=O)[O-].CC(=O)[O-].CCCCP(C12CC3CC(CC(C3)C1)C2)C12CC3CC(CC(C3)C1)C2.[Pd+2]. The quantitative estimate of drug-likeness (QED) is 0.347. The van der Waals surface area contributed by atoms with E-state index in [9.17, 15) is 0 Å². The van der Waals surface area contributed by atoms with Gasteiger partial charge in [0, 0.05) is 11.9 Å². The zero-order valence-corrected chi connectivity index (χ0v) is 23.9. The third-order valence-electron chi connectivity index (χ3n) is 9.89. The van der Waals surface area contributed by atoms with E-state index in [2.05, 4.69) is 6.92 Å². The molecule has 0 aromatic rings. The molecule has 8 bridgehead atoms. The second-order valence-corrected chi connectivity index (χ2v) is 16.0. The Kier molecular flexibility index (Phi) is 9.77. The first kappa shape index (κ1) is 28.6. The van der Waals surface area contributed by atoms with Crippen molar-refractivity contribution in [3.8, 4) is 0 Å². The van der Waals surface area contributed by atoms with Gasteiger partial charge in [0.2, 0.25) is 0 Å². The van der Waals surface area contributed by atoms with Crippen LogP contribution in [0, 0.1) is 35.5 Å². The van der Waals surface area contributed by atoms with Gasteiger partial charge in [-0.1, -0.05) is 21.3 Å². The Balaban J connectivity index is 0.000000318. The van der Waals surface area contributed by atoms with E-state index in [-0.39, 0.29) is 28.3 Å². The fraction of sp³-hybridized carbons (Fsp3) is 0.929. The molecule has 34 heavy (non-hydrogen) atoms. The molecule has 8 saturated carbocycles. The molecule has 8 aliphatic rings. The fourth-order valence-electron chi connectivity index (χ4n) is 10.1. The Bertz CT molecular complexity index is 589. The molecule has 0 saturated heterocycles. The van der Waals surface area contributed by atoms with Gasteiger partial charge in [0.05, 0.1) is 0 Å². The summed E-state index contributed by atoms with van der Waals surface area (Å²) in [7, 11) is 0.285. The molecule has 196 valence electrons. The first-order chi connectivity index (χ1) is 15.6. The summed E-state index contributed by atoms with van der Waals surface area (Å²) < 4.78 is 0. The second kappa shape index (κ2) is 11.6. The minimum Gasteiger partial charge on any atom is -0.550 e. The Morgan fingerprint density at radius 3 is 1.12 bits per heavy atom. The van der Waals surface area contributed by atoms with Gasteiger partial charge < -0.3 is 19.8 Å². The first-order valence-electron chi connectivity index (χ1n) is 13.8. The molecule has 8 rings (SSSR count). The minimum absolute atomic E-state index is 0. The summed E-state index contributed by atoms with van der Waals surface area (Å²) in [5, 5.41) is 19.5. The fourth-order valence-corrected chi connectivity index (χ4v) is 15.5. The van der Waals surface area contributed by atoms with Crippen LogP contribution in [0.3, 0.4) is 0 Å². The molecule has 0 aromatic heterocycles. The molecular formula is C28H45O4PPd. The predicted molar refractivity (Wildman–Crippen MR) is 130 cm³/mol. The average molecular weight is 583 g/mol.